The molecule has 4 nitrogen and oxygen atoms in total. The monoisotopic (exact) mass is 332 g/mol. The number of anilines is 1. The molecule has 0 radical (unpaired) electrons. The molecule has 0 saturated carbocycles. The van der Waals surface area contributed by atoms with E-state index in [1.54, 1.807) is 6.21 Å². The summed E-state index contributed by atoms with van der Waals surface area (Å²) in [5.41, 5.74) is 6.09. The minimum absolute atomic E-state index is 0.260. The first-order valence-corrected chi connectivity index (χ1v) is 6.96. The zero-order chi connectivity index (χ0) is 13.9. The summed E-state index contributed by atoms with van der Waals surface area (Å²) in [6.07, 6.45) is 1.75. The van der Waals surface area contributed by atoms with Crippen LogP contribution in [0, 0.1) is 6.92 Å². The molecule has 0 fully saturated rings. The maximum atomic E-state index is 5.37. The van der Waals surface area contributed by atoms with Crippen molar-refractivity contribution in [2.45, 2.75) is 6.92 Å². The number of hydrazone groups is 1. The second-order valence-corrected chi connectivity index (χ2v) is 5.33. The Bertz CT molecular complexity index is 671. The van der Waals surface area contributed by atoms with E-state index in [0.717, 1.165) is 27.2 Å². The highest BCUT2D eigenvalue weighted by atomic mass is 79.9. The van der Waals surface area contributed by atoms with E-state index in [4.69, 9.17) is 9.47 Å². The molecule has 2 aromatic rings. The normalized spacial score (nSPS) is 12.9. The fraction of sp³-hybridized carbons (Fsp3) is 0.133. The lowest BCUT2D eigenvalue weighted by Crippen LogP contribution is -1.93. The van der Waals surface area contributed by atoms with Crippen LogP contribution in [0.2, 0.25) is 0 Å². The Balaban J connectivity index is 1.75. The lowest BCUT2D eigenvalue weighted by molar-refractivity contribution is 0.173. The first-order chi connectivity index (χ1) is 9.72. The Labute approximate surface area is 125 Å². The predicted octanol–water partition coefficient (Wildman–Crippen LogP) is 3.93. The second-order valence-electron chi connectivity index (χ2n) is 4.48. The minimum atomic E-state index is 0.260. The third-order valence-corrected chi connectivity index (χ3v) is 3.46. The molecule has 102 valence electrons. The topological polar surface area (TPSA) is 42.9 Å². The first kappa shape index (κ1) is 13.0. The third kappa shape index (κ3) is 2.77. The number of rotatable bonds is 3. The van der Waals surface area contributed by atoms with E-state index in [2.05, 4.69) is 26.5 Å². The molecule has 1 aliphatic rings. The molecule has 1 heterocycles. The number of benzene rings is 2. The summed E-state index contributed by atoms with van der Waals surface area (Å²) < 4.78 is 11.6. The van der Waals surface area contributed by atoms with Gasteiger partial charge in [-0.1, -0.05) is 12.1 Å². The summed E-state index contributed by atoms with van der Waals surface area (Å²) in [5, 5.41) is 4.23. The van der Waals surface area contributed by atoms with Crippen LogP contribution in [0.5, 0.6) is 11.5 Å². The van der Waals surface area contributed by atoms with Crippen LogP contribution in [0.15, 0.2) is 46.0 Å². The summed E-state index contributed by atoms with van der Waals surface area (Å²) >= 11 is 3.46. The van der Waals surface area contributed by atoms with Crippen molar-refractivity contribution in [3.63, 3.8) is 0 Å². The Morgan fingerprint density at radius 1 is 1.25 bits per heavy atom. The second kappa shape index (κ2) is 5.54. The molecule has 0 atom stereocenters. The zero-order valence-electron chi connectivity index (χ0n) is 10.9. The predicted molar refractivity (Wildman–Crippen MR) is 82.7 cm³/mol. The summed E-state index contributed by atoms with van der Waals surface area (Å²) in [4.78, 5) is 0. The molecule has 20 heavy (non-hydrogen) atoms. The number of fused-ring (bicyclic) bond motifs is 1. The van der Waals surface area contributed by atoms with Crippen LogP contribution in [0.3, 0.4) is 0 Å². The Kier molecular flexibility index (Phi) is 3.60. The van der Waals surface area contributed by atoms with Gasteiger partial charge in [-0.2, -0.15) is 5.10 Å². The number of nitrogens with one attached hydrogen (secondary N) is 1. The quantitative estimate of drug-likeness (QED) is 0.684. The Hall–Kier alpha value is -2.01. The van der Waals surface area contributed by atoms with Crippen molar-refractivity contribution in [2.75, 3.05) is 12.2 Å². The Morgan fingerprint density at radius 3 is 3.00 bits per heavy atom. The van der Waals surface area contributed by atoms with Gasteiger partial charge < -0.3 is 9.47 Å². The van der Waals surface area contributed by atoms with E-state index in [1.807, 2.05) is 43.3 Å². The SMILES string of the molecule is Cc1cccc(N/N=C\c2cc(Br)c3c(c2)OCO3)c1. The van der Waals surface area contributed by atoms with E-state index in [9.17, 15) is 0 Å². The van der Waals surface area contributed by atoms with E-state index in [1.165, 1.54) is 5.56 Å². The molecule has 1 aliphatic heterocycles. The van der Waals surface area contributed by atoms with Gasteiger partial charge in [0.1, 0.15) is 0 Å². The number of ether oxygens (including phenoxy) is 2. The average molecular weight is 333 g/mol. The summed E-state index contributed by atoms with van der Waals surface area (Å²) in [6, 6.07) is 11.9. The van der Waals surface area contributed by atoms with Gasteiger partial charge in [0.05, 0.1) is 16.4 Å². The van der Waals surface area contributed by atoms with Crippen LogP contribution < -0.4 is 14.9 Å². The van der Waals surface area contributed by atoms with Gasteiger partial charge in [-0.05, 0) is 58.2 Å². The number of aryl methyl sites for hydroxylation is 1. The third-order valence-electron chi connectivity index (χ3n) is 2.87. The highest BCUT2D eigenvalue weighted by molar-refractivity contribution is 9.10. The van der Waals surface area contributed by atoms with Gasteiger partial charge >= 0.3 is 0 Å². The largest absolute Gasteiger partial charge is 0.454 e. The molecule has 3 rings (SSSR count). The summed E-state index contributed by atoms with van der Waals surface area (Å²) in [5.74, 6) is 1.48. The molecule has 0 saturated heterocycles. The van der Waals surface area contributed by atoms with Crippen LogP contribution >= 0.6 is 15.9 Å². The lowest BCUT2D eigenvalue weighted by Gasteiger charge is -2.02. The molecular weight excluding hydrogens is 320 g/mol. The van der Waals surface area contributed by atoms with Crippen molar-refractivity contribution < 1.29 is 9.47 Å². The summed E-state index contributed by atoms with van der Waals surface area (Å²) in [6.45, 7) is 2.31. The van der Waals surface area contributed by atoms with Crippen molar-refractivity contribution in [1.82, 2.24) is 0 Å². The van der Waals surface area contributed by atoms with Gasteiger partial charge in [-0.15, -0.1) is 0 Å². The van der Waals surface area contributed by atoms with E-state index < -0.39 is 0 Å². The molecule has 0 aliphatic carbocycles. The molecule has 0 aromatic heterocycles. The number of hydrogen-bond donors (Lipinski definition) is 1. The average Bonchev–Trinajstić information content (AvgIpc) is 2.88. The maximum absolute atomic E-state index is 5.37. The van der Waals surface area contributed by atoms with E-state index >= 15 is 0 Å². The van der Waals surface area contributed by atoms with E-state index in [-0.39, 0.29) is 6.79 Å². The molecule has 2 aromatic carbocycles. The molecule has 0 spiro atoms. The van der Waals surface area contributed by atoms with Gasteiger partial charge in [-0.25, -0.2) is 0 Å². The van der Waals surface area contributed by atoms with Crippen LogP contribution in [-0.2, 0) is 0 Å². The fourth-order valence-electron chi connectivity index (χ4n) is 1.96. The van der Waals surface area contributed by atoms with Crippen molar-refractivity contribution in [2.24, 2.45) is 5.10 Å². The molecule has 0 amide bonds. The smallest absolute Gasteiger partial charge is 0.231 e. The molecular formula is C15H13BrN2O2. The van der Waals surface area contributed by atoms with Gasteiger partial charge in [0, 0.05) is 0 Å². The van der Waals surface area contributed by atoms with Crippen LogP contribution in [-0.4, -0.2) is 13.0 Å². The molecule has 0 bridgehead atoms. The van der Waals surface area contributed by atoms with Crippen LogP contribution in [0.25, 0.3) is 0 Å². The van der Waals surface area contributed by atoms with E-state index in [0.29, 0.717) is 0 Å². The number of halogens is 1. The van der Waals surface area contributed by atoms with Crippen molar-refractivity contribution in [3.05, 3.63) is 52.0 Å². The molecule has 5 heteroatoms. The molecule has 0 unspecified atom stereocenters. The molecule has 1 N–H and O–H groups in total. The number of nitrogens with zero attached hydrogens (tertiary/aromatic N) is 1. The summed E-state index contributed by atoms with van der Waals surface area (Å²) in [7, 11) is 0. The Morgan fingerprint density at radius 2 is 2.15 bits per heavy atom. The van der Waals surface area contributed by atoms with Gasteiger partial charge in [0.2, 0.25) is 6.79 Å². The lowest BCUT2D eigenvalue weighted by atomic mass is 10.2. The zero-order valence-corrected chi connectivity index (χ0v) is 12.5. The fourth-order valence-corrected chi connectivity index (χ4v) is 2.53. The van der Waals surface area contributed by atoms with Crippen molar-refractivity contribution >= 4 is 27.8 Å². The van der Waals surface area contributed by atoms with Gasteiger partial charge in [0.25, 0.3) is 0 Å². The highest BCUT2D eigenvalue weighted by Crippen LogP contribution is 2.39. The number of hydrogen-bond acceptors (Lipinski definition) is 4. The van der Waals surface area contributed by atoms with Crippen molar-refractivity contribution in [1.29, 1.82) is 0 Å². The van der Waals surface area contributed by atoms with Crippen LogP contribution in [0.1, 0.15) is 11.1 Å². The van der Waals surface area contributed by atoms with Crippen LogP contribution in [0.4, 0.5) is 5.69 Å². The minimum Gasteiger partial charge on any atom is -0.454 e. The van der Waals surface area contributed by atoms with Gasteiger partial charge in [-0.3, -0.25) is 5.43 Å². The van der Waals surface area contributed by atoms with Gasteiger partial charge in [0.15, 0.2) is 11.5 Å². The standard InChI is InChI=1S/C15H13BrN2O2/c1-10-3-2-4-12(5-10)18-17-8-11-6-13(16)15-14(7-11)19-9-20-15/h2-8,18H,9H2,1H3/b17-8-. The van der Waals surface area contributed by atoms with Crippen molar-refractivity contribution in [3.8, 4) is 11.5 Å². The highest BCUT2D eigenvalue weighted by Gasteiger charge is 2.17. The maximum Gasteiger partial charge on any atom is 0.231 e. The first-order valence-electron chi connectivity index (χ1n) is 6.17.